The van der Waals surface area contributed by atoms with E-state index in [1.54, 1.807) is 43.8 Å². The number of methoxy groups -OCH3 is 1. The standard InChI is InChI=1S/C20H21FN4O2S/c1-13(19(26)22-12-14-8-10-15(27-3)11-9-14)28-20-24-23-18(25(20)2)16-6-4-5-7-17(16)21/h4-11,13H,12H2,1-3H3,(H,22,26). The summed E-state index contributed by atoms with van der Waals surface area (Å²) in [5, 5.41) is 11.3. The second-order valence-corrected chi connectivity index (χ2v) is 7.48. The Morgan fingerprint density at radius 1 is 1.21 bits per heavy atom. The van der Waals surface area contributed by atoms with Crippen molar-refractivity contribution in [1.82, 2.24) is 20.1 Å². The summed E-state index contributed by atoms with van der Waals surface area (Å²) in [4.78, 5) is 12.4. The van der Waals surface area contributed by atoms with Crippen LogP contribution in [0.15, 0.2) is 53.7 Å². The number of nitrogens with zero attached hydrogens (tertiary/aromatic N) is 3. The number of carbonyl (C=O) groups is 1. The van der Waals surface area contributed by atoms with Crippen molar-refractivity contribution in [3.05, 3.63) is 59.9 Å². The smallest absolute Gasteiger partial charge is 0.233 e. The maximum atomic E-state index is 14.0. The van der Waals surface area contributed by atoms with Gasteiger partial charge in [-0.05, 0) is 36.8 Å². The second-order valence-electron chi connectivity index (χ2n) is 6.17. The Hall–Kier alpha value is -2.87. The number of ether oxygens (including phenoxy) is 1. The summed E-state index contributed by atoms with van der Waals surface area (Å²) in [6.45, 7) is 2.22. The van der Waals surface area contributed by atoms with Crippen LogP contribution in [-0.4, -0.2) is 33.0 Å². The van der Waals surface area contributed by atoms with E-state index in [9.17, 15) is 9.18 Å². The van der Waals surface area contributed by atoms with Crippen LogP contribution in [-0.2, 0) is 18.4 Å². The van der Waals surface area contributed by atoms with Gasteiger partial charge in [0, 0.05) is 13.6 Å². The van der Waals surface area contributed by atoms with E-state index in [4.69, 9.17) is 4.74 Å². The van der Waals surface area contributed by atoms with E-state index in [-0.39, 0.29) is 17.0 Å². The van der Waals surface area contributed by atoms with E-state index < -0.39 is 0 Å². The minimum atomic E-state index is -0.380. The van der Waals surface area contributed by atoms with Crippen LogP contribution in [0.4, 0.5) is 4.39 Å². The molecule has 0 fully saturated rings. The monoisotopic (exact) mass is 400 g/mol. The van der Waals surface area contributed by atoms with Crippen LogP contribution in [0.2, 0.25) is 0 Å². The lowest BCUT2D eigenvalue weighted by atomic mass is 10.2. The van der Waals surface area contributed by atoms with Crippen LogP contribution in [0, 0.1) is 5.82 Å². The first-order valence-corrected chi connectivity index (χ1v) is 9.59. The molecule has 1 atom stereocenters. The number of nitrogens with one attached hydrogen (secondary N) is 1. The maximum absolute atomic E-state index is 14.0. The third-order valence-corrected chi connectivity index (χ3v) is 5.36. The van der Waals surface area contributed by atoms with Crippen molar-refractivity contribution in [3.8, 4) is 17.1 Å². The predicted molar refractivity (Wildman–Crippen MR) is 107 cm³/mol. The number of hydrogen-bond acceptors (Lipinski definition) is 5. The van der Waals surface area contributed by atoms with Gasteiger partial charge >= 0.3 is 0 Å². The minimum Gasteiger partial charge on any atom is -0.497 e. The Bertz CT molecular complexity index is 959. The third-order valence-electron chi connectivity index (χ3n) is 4.23. The molecular formula is C20H21FN4O2S. The summed E-state index contributed by atoms with van der Waals surface area (Å²) in [5.74, 6) is 0.717. The zero-order valence-electron chi connectivity index (χ0n) is 15.8. The molecule has 0 aliphatic heterocycles. The van der Waals surface area contributed by atoms with Gasteiger partial charge in [0.05, 0.1) is 17.9 Å². The lowest BCUT2D eigenvalue weighted by Gasteiger charge is -2.12. The summed E-state index contributed by atoms with van der Waals surface area (Å²) in [7, 11) is 3.37. The van der Waals surface area contributed by atoms with Gasteiger partial charge in [-0.2, -0.15) is 0 Å². The topological polar surface area (TPSA) is 69.0 Å². The number of hydrogen-bond donors (Lipinski definition) is 1. The Kier molecular flexibility index (Phi) is 6.30. The molecule has 0 saturated heterocycles. The van der Waals surface area contributed by atoms with Gasteiger partial charge in [-0.15, -0.1) is 10.2 Å². The molecule has 1 unspecified atom stereocenters. The fourth-order valence-corrected chi connectivity index (χ4v) is 3.42. The van der Waals surface area contributed by atoms with E-state index in [2.05, 4.69) is 15.5 Å². The Morgan fingerprint density at radius 3 is 2.61 bits per heavy atom. The molecule has 3 rings (SSSR count). The minimum absolute atomic E-state index is 0.115. The molecular weight excluding hydrogens is 379 g/mol. The van der Waals surface area contributed by atoms with Crippen LogP contribution >= 0.6 is 11.8 Å². The molecule has 0 aliphatic rings. The fourth-order valence-electron chi connectivity index (χ4n) is 2.58. The van der Waals surface area contributed by atoms with E-state index in [0.29, 0.717) is 23.1 Å². The van der Waals surface area contributed by atoms with E-state index in [0.717, 1.165) is 11.3 Å². The van der Waals surface area contributed by atoms with Crippen molar-refractivity contribution in [2.45, 2.75) is 23.9 Å². The largest absolute Gasteiger partial charge is 0.497 e. The number of benzene rings is 2. The van der Waals surface area contributed by atoms with Crippen LogP contribution in [0.1, 0.15) is 12.5 Å². The van der Waals surface area contributed by atoms with Crippen molar-refractivity contribution in [2.24, 2.45) is 7.05 Å². The van der Waals surface area contributed by atoms with Gasteiger partial charge in [0.25, 0.3) is 0 Å². The Morgan fingerprint density at radius 2 is 1.93 bits per heavy atom. The van der Waals surface area contributed by atoms with Crippen LogP contribution < -0.4 is 10.1 Å². The van der Waals surface area contributed by atoms with Gasteiger partial charge in [0.1, 0.15) is 11.6 Å². The zero-order chi connectivity index (χ0) is 20.1. The molecule has 8 heteroatoms. The van der Waals surface area contributed by atoms with Crippen molar-refractivity contribution < 1.29 is 13.9 Å². The molecule has 6 nitrogen and oxygen atoms in total. The van der Waals surface area contributed by atoms with Gasteiger partial charge in [-0.3, -0.25) is 4.79 Å². The molecule has 3 aromatic rings. The highest BCUT2D eigenvalue weighted by Crippen LogP contribution is 2.27. The quantitative estimate of drug-likeness (QED) is 0.616. The zero-order valence-corrected chi connectivity index (χ0v) is 16.7. The fraction of sp³-hybridized carbons (Fsp3) is 0.250. The molecule has 1 heterocycles. The van der Waals surface area contributed by atoms with Gasteiger partial charge in [-0.1, -0.05) is 36.0 Å². The molecule has 2 aromatic carbocycles. The molecule has 146 valence electrons. The second kappa shape index (κ2) is 8.88. The molecule has 0 aliphatic carbocycles. The van der Waals surface area contributed by atoms with Crippen LogP contribution in [0.5, 0.6) is 5.75 Å². The summed E-state index contributed by atoms with van der Waals surface area (Å²) in [6, 6.07) is 13.9. The number of rotatable bonds is 7. The molecule has 0 spiro atoms. The van der Waals surface area contributed by atoms with Gasteiger partial charge in [0.15, 0.2) is 11.0 Å². The average molecular weight is 400 g/mol. The van der Waals surface area contributed by atoms with Crippen LogP contribution in [0.3, 0.4) is 0 Å². The summed E-state index contributed by atoms with van der Waals surface area (Å²) in [6.07, 6.45) is 0. The van der Waals surface area contributed by atoms with Crippen molar-refractivity contribution in [1.29, 1.82) is 0 Å². The average Bonchev–Trinajstić information content (AvgIpc) is 3.07. The lowest BCUT2D eigenvalue weighted by Crippen LogP contribution is -2.30. The Labute approximate surface area is 167 Å². The van der Waals surface area contributed by atoms with Crippen LogP contribution in [0.25, 0.3) is 11.4 Å². The number of amides is 1. The highest BCUT2D eigenvalue weighted by atomic mass is 32.2. The number of aromatic nitrogens is 3. The third kappa shape index (κ3) is 4.51. The first-order valence-electron chi connectivity index (χ1n) is 8.71. The van der Waals surface area contributed by atoms with E-state index in [1.807, 2.05) is 24.3 Å². The van der Waals surface area contributed by atoms with Gasteiger partial charge in [-0.25, -0.2) is 4.39 Å². The van der Waals surface area contributed by atoms with Gasteiger partial charge < -0.3 is 14.6 Å². The molecule has 0 bridgehead atoms. The molecule has 28 heavy (non-hydrogen) atoms. The number of carbonyl (C=O) groups excluding carboxylic acids is 1. The van der Waals surface area contributed by atoms with Crippen molar-refractivity contribution >= 4 is 17.7 Å². The van der Waals surface area contributed by atoms with Crippen molar-refractivity contribution in [2.75, 3.05) is 7.11 Å². The summed E-state index contributed by atoms with van der Waals surface area (Å²) < 4.78 is 20.8. The molecule has 1 N–H and O–H groups in total. The lowest BCUT2D eigenvalue weighted by molar-refractivity contribution is -0.120. The first kappa shape index (κ1) is 19.9. The summed E-state index contributed by atoms with van der Waals surface area (Å²) >= 11 is 1.28. The number of thioether (sulfide) groups is 1. The highest BCUT2D eigenvalue weighted by Gasteiger charge is 2.20. The molecule has 0 saturated carbocycles. The molecule has 1 amide bonds. The normalized spacial score (nSPS) is 11.9. The Balaban J connectivity index is 1.62. The van der Waals surface area contributed by atoms with Crippen molar-refractivity contribution in [3.63, 3.8) is 0 Å². The first-order chi connectivity index (χ1) is 13.5. The highest BCUT2D eigenvalue weighted by molar-refractivity contribution is 8.00. The van der Waals surface area contributed by atoms with E-state index in [1.165, 1.54) is 17.8 Å². The molecule has 1 aromatic heterocycles. The maximum Gasteiger partial charge on any atom is 0.233 e. The number of halogens is 1. The van der Waals surface area contributed by atoms with E-state index >= 15 is 0 Å². The summed E-state index contributed by atoms with van der Waals surface area (Å²) in [5.41, 5.74) is 1.35. The SMILES string of the molecule is COc1ccc(CNC(=O)C(C)Sc2nnc(-c3ccccc3F)n2C)cc1. The molecule has 0 radical (unpaired) electrons. The predicted octanol–water partition coefficient (Wildman–Crippen LogP) is 3.43. The van der Waals surface area contributed by atoms with Gasteiger partial charge in [0.2, 0.25) is 5.91 Å².